The van der Waals surface area contributed by atoms with Crippen molar-refractivity contribution in [1.82, 2.24) is 19.6 Å². The van der Waals surface area contributed by atoms with Gasteiger partial charge in [0.2, 0.25) is 5.91 Å². The predicted molar refractivity (Wildman–Crippen MR) is 93.9 cm³/mol. The van der Waals surface area contributed by atoms with Crippen LogP contribution in [0.3, 0.4) is 0 Å². The quantitative estimate of drug-likeness (QED) is 0.825. The molecule has 0 spiro atoms. The fourth-order valence-electron chi connectivity index (χ4n) is 3.16. The second-order valence-corrected chi connectivity index (χ2v) is 7.82. The fourth-order valence-corrected chi connectivity index (χ4v) is 4.15. The minimum atomic E-state index is -0.242. The first-order chi connectivity index (χ1) is 11.0. The van der Waals surface area contributed by atoms with Crippen molar-refractivity contribution >= 4 is 22.8 Å². The first kappa shape index (κ1) is 16.4. The van der Waals surface area contributed by atoms with Crippen molar-refractivity contribution in [2.24, 2.45) is 4.99 Å². The molecule has 0 aliphatic carbocycles. The molecule has 1 aromatic heterocycles. The number of piperazine rings is 1. The first-order valence-corrected chi connectivity index (χ1v) is 9.11. The zero-order valence-corrected chi connectivity index (χ0v) is 15.1. The number of aryl methyl sites for hydroxylation is 2. The molecule has 2 aliphatic rings. The number of thioether (sulfide) groups is 1. The lowest BCUT2D eigenvalue weighted by atomic mass is 10.2. The molecular formula is C16H25N5OS. The van der Waals surface area contributed by atoms with E-state index in [9.17, 15) is 4.79 Å². The molecule has 0 aromatic carbocycles. The van der Waals surface area contributed by atoms with Crippen molar-refractivity contribution < 1.29 is 4.79 Å². The third kappa shape index (κ3) is 3.39. The number of amides is 1. The summed E-state index contributed by atoms with van der Waals surface area (Å²) in [5.41, 5.74) is 1.99. The molecule has 1 aromatic rings. The van der Waals surface area contributed by atoms with Gasteiger partial charge in [0.05, 0.1) is 12.2 Å². The third-order valence-electron chi connectivity index (χ3n) is 4.42. The average Bonchev–Trinajstić information content (AvgIpc) is 3.11. The lowest BCUT2D eigenvalue weighted by molar-refractivity contribution is -0.135. The maximum atomic E-state index is 12.8. The Morgan fingerprint density at radius 1 is 1.30 bits per heavy atom. The Bertz CT molecular complexity index is 618. The van der Waals surface area contributed by atoms with Gasteiger partial charge < -0.3 is 9.80 Å². The van der Waals surface area contributed by atoms with E-state index in [1.807, 2.05) is 48.2 Å². The van der Waals surface area contributed by atoms with Gasteiger partial charge in [0, 0.05) is 37.1 Å². The predicted octanol–water partition coefficient (Wildman–Crippen LogP) is 1.70. The van der Waals surface area contributed by atoms with Crippen molar-refractivity contribution in [3.05, 3.63) is 17.5 Å². The van der Waals surface area contributed by atoms with Crippen LogP contribution in [0.4, 0.5) is 0 Å². The molecule has 2 aliphatic heterocycles. The number of aliphatic imine (C=N–C) groups is 1. The number of hydrogen-bond donors (Lipinski definition) is 0. The third-order valence-corrected chi connectivity index (χ3v) is 5.57. The molecule has 1 fully saturated rings. The first-order valence-electron chi connectivity index (χ1n) is 8.23. The van der Waals surface area contributed by atoms with Crippen molar-refractivity contribution in [3.8, 4) is 0 Å². The summed E-state index contributed by atoms with van der Waals surface area (Å²) >= 11 is 1.85. The maximum Gasteiger partial charge on any atom is 0.247 e. The van der Waals surface area contributed by atoms with Gasteiger partial charge in [-0.2, -0.15) is 5.10 Å². The summed E-state index contributed by atoms with van der Waals surface area (Å²) in [4.78, 5) is 21.6. The van der Waals surface area contributed by atoms with Crippen LogP contribution in [0.5, 0.6) is 0 Å². The molecule has 23 heavy (non-hydrogen) atoms. The van der Waals surface area contributed by atoms with Gasteiger partial charge in [-0.25, -0.2) is 0 Å². The van der Waals surface area contributed by atoms with Crippen LogP contribution < -0.4 is 0 Å². The summed E-state index contributed by atoms with van der Waals surface area (Å²) < 4.78 is 1.84. The Kier molecular flexibility index (Phi) is 4.66. The van der Waals surface area contributed by atoms with Gasteiger partial charge in [0.1, 0.15) is 6.04 Å². The number of rotatable bonds is 2. The molecule has 0 bridgehead atoms. The number of aromatic nitrogens is 2. The van der Waals surface area contributed by atoms with E-state index < -0.39 is 0 Å². The Balaban J connectivity index is 1.59. The molecule has 1 amide bonds. The second-order valence-electron chi connectivity index (χ2n) is 6.41. The van der Waals surface area contributed by atoms with Crippen LogP contribution in [-0.2, 0) is 4.79 Å². The van der Waals surface area contributed by atoms with E-state index in [2.05, 4.69) is 21.9 Å². The van der Waals surface area contributed by atoms with Crippen LogP contribution in [0.25, 0.3) is 0 Å². The van der Waals surface area contributed by atoms with E-state index in [1.165, 1.54) is 0 Å². The Morgan fingerprint density at radius 2 is 2.00 bits per heavy atom. The number of hydrogen-bond acceptors (Lipinski definition) is 5. The molecule has 2 atom stereocenters. The van der Waals surface area contributed by atoms with Crippen molar-refractivity contribution in [2.45, 2.75) is 39.0 Å². The molecular weight excluding hydrogens is 310 g/mol. The average molecular weight is 335 g/mol. The number of nitrogens with zero attached hydrogens (tertiary/aromatic N) is 5. The van der Waals surface area contributed by atoms with Crippen LogP contribution in [0.2, 0.25) is 0 Å². The molecule has 0 N–H and O–H groups in total. The number of carbonyl (C=O) groups excluding carboxylic acids is 1. The lowest BCUT2D eigenvalue weighted by Crippen LogP contribution is -2.51. The van der Waals surface area contributed by atoms with Crippen LogP contribution in [0.1, 0.15) is 31.3 Å². The maximum absolute atomic E-state index is 12.8. The Morgan fingerprint density at radius 3 is 2.52 bits per heavy atom. The summed E-state index contributed by atoms with van der Waals surface area (Å²) in [5.74, 6) is 0.158. The summed E-state index contributed by atoms with van der Waals surface area (Å²) in [6, 6.07) is 1.77. The highest BCUT2D eigenvalue weighted by Gasteiger charge is 2.29. The minimum Gasteiger partial charge on any atom is -0.348 e. The Labute approximate surface area is 141 Å². The molecule has 0 radical (unpaired) electrons. The van der Waals surface area contributed by atoms with Gasteiger partial charge in [0.25, 0.3) is 0 Å². The van der Waals surface area contributed by atoms with E-state index >= 15 is 0 Å². The standard InChI is InChI=1S/C16H25N5OS/c1-11-9-12(2)21(18-11)14(4)15(22)19-5-7-20(8-6-19)16-17-10-13(3)23-16/h9,13-14H,5-8,10H2,1-4H3. The summed E-state index contributed by atoms with van der Waals surface area (Å²) in [6.07, 6.45) is 0. The van der Waals surface area contributed by atoms with Crippen LogP contribution in [0.15, 0.2) is 11.1 Å². The molecule has 3 heterocycles. The van der Waals surface area contributed by atoms with E-state index in [4.69, 9.17) is 0 Å². The molecule has 3 rings (SSSR count). The molecule has 126 valence electrons. The topological polar surface area (TPSA) is 53.7 Å². The lowest BCUT2D eigenvalue weighted by Gasteiger charge is -2.36. The number of amidine groups is 1. The van der Waals surface area contributed by atoms with Gasteiger partial charge in [-0.05, 0) is 26.8 Å². The largest absolute Gasteiger partial charge is 0.348 e. The van der Waals surface area contributed by atoms with Crippen LogP contribution in [-0.4, -0.2) is 68.6 Å². The Hall–Kier alpha value is -1.50. The van der Waals surface area contributed by atoms with E-state index in [1.54, 1.807) is 0 Å². The van der Waals surface area contributed by atoms with Crippen molar-refractivity contribution in [2.75, 3.05) is 32.7 Å². The number of carbonyl (C=O) groups is 1. The summed E-state index contributed by atoms with van der Waals surface area (Å²) in [7, 11) is 0. The van der Waals surface area contributed by atoms with Gasteiger partial charge in [-0.15, -0.1) is 0 Å². The molecule has 7 heteroatoms. The summed E-state index contributed by atoms with van der Waals surface area (Å²) in [6.45, 7) is 12.3. The molecule has 0 saturated carbocycles. The second kappa shape index (κ2) is 6.55. The van der Waals surface area contributed by atoms with Crippen molar-refractivity contribution in [1.29, 1.82) is 0 Å². The van der Waals surface area contributed by atoms with Gasteiger partial charge in [0.15, 0.2) is 5.17 Å². The van der Waals surface area contributed by atoms with E-state index in [-0.39, 0.29) is 11.9 Å². The highest BCUT2D eigenvalue weighted by Crippen LogP contribution is 2.24. The highest BCUT2D eigenvalue weighted by molar-refractivity contribution is 8.14. The SMILES string of the molecule is Cc1cc(C)n(C(C)C(=O)N2CCN(C3=NCC(C)S3)CC2)n1. The smallest absolute Gasteiger partial charge is 0.247 e. The molecule has 2 unspecified atom stereocenters. The van der Waals surface area contributed by atoms with E-state index in [0.29, 0.717) is 5.25 Å². The molecule has 1 saturated heterocycles. The van der Waals surface area contributed by atoms with Crippen LogP contribution >= 0.6 is 11.8 Å². The van der Waals surface area contributed by atoms with E-state index in [0.717, 1.165) is 49.3 Å². The minimum absolute atomic E-state index is 0.158. The van der Waals surface area contributed by atoms with Gasteiger partial charge >= 0.3 is 0 Å². The van der Waals surface area contributed by atoms with Crippen molar-refractivity contribution in [3.63, 3.8) is 0 Å². The monoisotopic (exact) mass is 335 g/mol. The highest BCUT2D eigenvalue weighted by atomic mass is 32.2. The normalized spacial score (nSPS) is 23.1. The zero-order valence-electron chi connectivity index (χ0n) is 14.3. The van der Waals surface area contributed by atoms with Gasteiger partial charge in [-0.3, -0.25) is 14.5 Å². The fraction of sp³-hybridized carbons (Fsp3) is 0.688. The summed E-state index contributed by atoms with van der Waals surface area (Å²) in [5, 5.41) is 6.18. The van der Waals surface area contributed by atoms with Gasteiger partial charge in [-0.1, -0.05) is 18.7 Å². The van der Waals surface area contributed by atoms with Crippen LogP contribution in [0, 0.1) is 13.8 Å². The molecule has 6 nitrogen and oxygen atoms in total. The zero-order chi connectivity index (χ0) is 16.6.